The number of aromatic nitrogens is 1. The van der Waals surface area contributed by atoms with Crippen molar-refractivity contribution in [3.05, 3.63) is 28.0 Å². The number of rotatable bonds is 3. The molecule has 1 heterocycles. The lowest BCUT2D eigenvalue weighted by Gasteiger charge is -2.21. The van der Waals surface area contributed by atoms with Gasteiger partial charge in [0.25, 0.3) is 0 Å². The Balaban J connectivity index is 2.69. The van der Waals surface area contributed by atoms with E-state index in [9.17, 15) is 4.79 Å². The standard InChI is InChI=1S/C14H22ClN3O2/c1-8-6-9(2)18-12(15)11(8)10(16)7-17-13(19)20-14(3,4)5/h6,10H,7,16H2,1-5H3,(H,17,19). The third-order valence-electron chi connectivity index (χ3n) is 2.58. The molecule has 1 rings (SSSR count). The fourth-order valence-electron chi connectivity index (χ4n) is 1.86. The van der Waals surface area contributed by atoms with Crippen molar-refractivity contribution in [2.75, 3.05) is 6.54 Å². The van der Waals surface area contributed by atoms with E-state index in [0.29, 0.717) is 5.15 Å². The molecule has 3 N–H and O–H groups in total. The molecule has 5 nitrogen and oxygen atoms in total. The number of nitrogens with zero attached hydrogens (tertiary/aromatic N) is 1. The molecular formula is C14H22ClN3O2. The van der Waals surface area contributed by atoms with Gasteiger partial charge in [-0.15, -0.1) is 0 Å². The van der Waals surface area contributed by atoms with E-state index in [2.05, 4.69) is 10.3 Å². The number of halogens is 1. The number of ether oxygens (including phenoxy) is 1. The number of carbonyl (C=O) groups excluding carboxylic acids is 1. The number of aryl methyl sites for hydroxylation is 2. The van der Waals surface area contributed by atoms with Gasteiger partial charge >= 0.3 is 6.09 Å². The number of alkyl carbamates (subject to hydrolysis) is 1. The van der Waals surface area contributed by atoms with Crippen molar-refractivity contribution < 1.29 is 9.53 Å². The van der Waals surface area contributed by atoms with Crippen molar-refractivity contribution in [1.82, 2.24) is 10.3 Å². The Kier molecular flexibility index (Phi) is 5.36. The molecule has 0 aromatic carbocycles. The lowest BCUT2D eigenvalue weighted by atomic mass is 10.0. The number of hydrogen-bond donors (Lipinski definition) is 2. The lowest BCUT2D eigenvalue weighted by Crippen LogP contribution is -2.36. The molecule has 0 aliphatic carbocycles. The highest BCUT2D eigenvalue weighted by molar-refractivity contribution is 6.30. The summed E-state index contributed by atoms with van der Waals surface area (Å²) in [6.07, 6.45) is -0.498. The van der Waals surface area contributed by atoms with Crippen LogP contribution >= 0.6 is 11.6 Å². The minimum atomic E-state index is -0.535. The zero-order chi connectivity index (χ0) is 15.5. The van der Waals surface area contributed by atoms with Crippen LogP contribution in [0.1, 0.15) is 43.6 Å². The van der Waals surface area contributed by atoms with Crippen LogP contribution in [0.4, 0.5) is 4.79 Å². The highest BCUT2D eigenvalue weighted by Gasteiger charge is 2.19. The van der Waals surface area contributed by atoms with Crippen molar-refractivity contribution in [3.8, 4) is 0 Å². The first-order valence-corrected chi connectivity index (χ1v) is 6.84. The molecule has 1 aromatic heterocycles. The summed E-state index contributed by atoms with van der Waals surface area (Å²) < 4.78 is 5.15. The van der Waals surface area contributed by atoms with Crippen LogP contribution in [0, 0.1) is 13.8 Å². The van der Waals surface area contributed by atoms with Gasteiger partial charge in [-0.3, -0.25) is 0 Å². The van der Waals surface area contributed by atoms with Gasteiger partial charge in [-0.05, 0) is 46.2 Å². The van der Waals surface area contributed by atoms with Crippen LogP contribution in [0.2, 0.25) is 5.15 Å². The smallest absolute Gasteiger partial charge is 0.407 e. The highest BCUT2D eigenvalue weighted by atomic mass is 35.5. The molecule has 20 heavy (non-hydrogen) atoms. The van der Waals surface area contributed by atoms with Gasteiger partial charge in [0, 0.05) is 17.8 Å². The van der Waals surface area contributed by atoms with Crippen LogP contribution < -0.4 is 11.1 Å². The number of pyridine rings is 1. The van der Waals surface area contributed by atoms with Gasteiger partial charge in [0.05, 0.1) is 6.04 Å². The summed E-state index contributed by atoms with van der Waals surface area (Å²) in [7, 11) is 0. The first-order valence-electron chi connectivity index (χ1n) is 6.46. The Hall–Kier alpha value is -1.33. The normalized spacial score (nSPS) is 12.9. The molecule has 0 bridgehead atoms. The average Bonchev–Trinajstić information content (AvgIpc) is 2.22. The average molecular weight is 300 g/mol. The van der Waals surface area contributed by atoms with Crippen LogP contribution in [-0.2, 0) is 4.74 Å². The van der Waals surface area contributed by atoms with Crippen LogP contribution in [0.5, 0.6) is 0 Å². The first kappa shape index (κ1) is 16.7. The van der Waals surface area contributed by atoms with Crippen molar-refractivity contribution in [2.45, 2.75) is 46.3 Å². The van der Waals surface area contributed by atoms with Gasteiger partial charge in [0.15, 0.2) is 0 Å². The van der Waals surface area contributed by atoms with Crippen molar-refractivity contribution in [1.29, 1.82) is 0 Å². The summed E-state index contributed by atoms with van der Waals surface area (Å²) in [6, 6.07) is 1.48. The number of nitrogens with two attached hydrogens (primary N) is 1. The maximum atomic E-state index is 11.6. The van der Waals surface area contributed by atoms with E-state index < -0.39 is 17.7 Å². The second-order valence-corrected chi connectivity index (χ2v) is 6.13. The zero-order valence-electron chi connectivity index (χ0n) is 12.6. The van der Waals surface area contributed by atoms with Crippen molar-refractivity contribution in [2.24, 2.45) is 5.73 Å². The van der Waals surface area contributed by atoms with Gasteiger partial charge < -0.3 is 15.8 Å². The van der Waals surface area contributed by atoms with Crippen molar-refractivity contribution in [3.63, 3.8) is 0 Å². The minimum Gasteiger partial charge on any atom is -0.444 e. The van der Waals surface area contributed by atoms with E-state index in [1.807, 2.05) is 19.9 Å². The van der Waals surface area contributed by atoms with Gasteiger partial charge in [-0.25, -0.2) is 9.78 Å². The molecule has 6 heteroatoms. The largest absolute Gasteiger partial charge is 0.444 e. The molecule has 1 unspecified atom stereocenters. The number of nitrogens with one attached hydrogen (secondary N) is 1. The predicted molar refractivity (Wildman–Crippen MR) is 79.9 cm³/mol. The fraction of sp³-hybridized carbons (Fsp3) is 0.571. The third-order valence-corrected chi connectivity index (χ3v) is 2.87. The maximum absolute atomic E-state index is 11.6. The van der Waals surface area contributed by atoms with Crippen LogP contribution in [0.15, 0.2) is 6.07 Å². The monoisotopic (exact) mass is 299 g/mol. The third kappa shape index (κ3) is 4.98. The molecule has 0 fully saturated rings. The van der Waals surface area contributed by atoms with E-state index in [1.165, 1.54) is 0 Å². The molecule has 0 saturated heterocycles. The van der Waals surface area contributed by atoms with Crippen LogP contribution in [-0.4, -0.2) is 23.2 Å². The lowest BCUT2D eigenvalue weighted by molar-refractivity contribution is 0.0524. The Morgan fingerprint density at radius 3 is 2.60 bits per heavy atom. The molecule has 0 aliphatic heterocycles. The van der Waals surface area contributed by atoms with E-state index in [4.69, 9.17) is 22.1 Å². The second kappa shape index (κ2) is 6.41. The van der Waals surface area contributed by atoms with Crippen LogP contribution in [0.25, 0.3) is 0 Å². The summed E-state index contributed by atoms with van der Waals surface area (Å²) in [6.45, 7) is 9.43. The van der Waals surface area contributed by atoms with E-state index >= 15 is 0 Å². The molecule has 1 aromatic rings. The summed E-state index contributed by atoms with van der Waals surface area (Å²) in [5.41, 5.74) is 8.07. The molecule has 1 amide bonds. The molecule has 112 valence electrons. The predicted octanol–water partition coefficient (Wildman–Crippen LogP) is 2.88. The topological polar surface area (TPSA) is 77.2 Å². The minimum absolute atomic E-state index is 0.236. The molecule has 0 spiro atoms. The fourth-order valence-corrected chi connectivity index (χ4v) is 2.28. The summed E-state index contributed by atoms with van der Waals surface area (Å²) >= 11 is 6.12. The van der Waals surface area contributed by atoms with Gasteiger partial charge in [-0.1, -0.05) is 11.6 Å². The summed E-state index contributed by atoms with van der Waals surface area (Å²) in [4.78, 5) is 15.8. The van der Waals surface area contributed by atoms with Gasteiger partial charge in [0.1, 0.15) is 10.8 Å². The van der Waals surface area contributed by atoms with Crippen LogP contribution in [0.3, 0.4) is 0 Å². The Morgan fingerprint density at radius 2 is 2.10 bits per heavy atom. The van der Waals surface area contributed by atoms with E-state index in [-0.39, 0.29) is 6.54 Å². The SMILES string of the molecule is Cc1cc(C)c(C(N)CNC(=O)OC(C)(C)C)c(Cl)n1. The summed E-state index contributed by atoms with van der Waals surface area (Å²) in [5.74, 6) is 0. The van der Waals surface area contributed by atoms with Gasteiger partial charge in [-0.2, -0.15) is 0 Å². The Morgan fingerprint density at radius 1 is 1.50 bits per heavy atom. The zero-order valence-corrected chi connectivity index (χ0v) is 13.3. The van der Waals surface area contributed by atoms with E-state index in [1.54, 1.807) is 20.8 Å². The first-order chi connectivity index (χ1) is 9.10. The summed E-state index contributed by atoms with van der Waals surface area (Å²) in [5, 5.41) is 3.01. The molecule has 1 atom stereocenters. The molecule has 0 aliphatic rings. The Labute approximate surface area is 124 Å². The molecular weight excluding hydrogens is 278 g/mol. The molecule has 0 saturated carbocycles. The van der Waals surface area contributed by atoms with Gasteiger partial charge in [0.2, 0.25) is 0 Å². The van der Waals surface area contributed by atoms with Crippen molar-refractivity contribution >= 4 is 17.7 Å². The number of carbonyl (C=O) groups is 1. The quantitative estimate of drug-likeness (QED) is 0.841. The van der Waals surface area contributed by atoms with E-state index in [0.717, 1.165) is 16.8 Å². The molecule has 0 radical (unpaired) electrons. The number of hydrogen-bond acceptors (Lipinski definition) is 4. The maximum Gasteiger partial charge on any atom is 0.407 e. The Bertz CT molecular complexity index is 475. The second-order valence-electron chi connectivity index (χ2n) is 5.77. The number of amides is 1. The highest BCUT2D eigenvalue weighted by Crippen LogP contribution is 2.23.